The van der Waals surface area contributed by atoms with Gasteiger partial charge in [-0.1, -0.05) is 35.5 Å². The number of ketones is 1. The Bertz CT molecular complexity index is 1020. The molecule has 5 heteroatoms. The van der Waals surface area contributed by atoms with Crippen LogP contribution in [-0.4, -0.2) is 21.4 Å². The molecule has 1 aromatic heterocycles. The molecule has 27 heavy (non-hydrogen) atoms. The predicted octanol–water partition coefficient (Wildman–Crippen LogP) is 4.42. The maximum atomic E-state index is 13.3. The second-order valence-electron chi connectivity index (χ2n) is 7.05. The van der Waals surface area contributed by atoms with Crippen LogP contribution in [0.4, 0.5) is 0 Å². The summed E-state index contributed by atoms with van der Waals surface area (Å²) in [7, 11) is -1.11. The van der Waals surface area contributed by atoms with Gasteiger partial charge in [0, 0.05) is 22.6 Å². The number of carbonyl (C=O) groups excluding carboxylic acids is 1. The molecule has 0 spiro atoms. The summed E-state index contributed by atoms with van der Waals surface area (Å²) in [6.07, 6.45) is 5.85. The van der Waals surface area contributed by atoms with Gasteiger partial charge in [0.05, 0.1) is 22.1 Å². The van der Waals surface area contributed by atoms with Crippen molar-refractivity contribution in [2.45, 2.75) is 37.0 Å². The zero-order valence-corrected chi connectivity index (χ0v) is 16.2. The number of carbonyl (C=O) groups is 1. The molecule has 0 N–H and O–H groups in total. The minimum Gasteiger partial charge on any atom is -0.364 e. The Hall–Kier alpha value is -2.53. The second-order valence-corrected chi connectivity index (χ2v) is 8.40. The van der Waals surface area contributed by atoms with Gasteiger partial charge >= 0.3 is 0 Å². The van der Waals surface area contributed by atoms with E-state index in [1.54, 1.807) is 18.4 Å². The maximum Gasteiger partial charge on any atom is 0.198 e. The lowest BCUT2D eigenvalue weighted by Gasteiger charge is -2.15. The van der Waals surface area contributed by atoms with Gasteiger partial charge in [-0.3, -0.25) is 9.00 Å². The van der Waals surface area contributed by atoms with Crippen LogP contribution in [0.2, 0.25) is 0 Å². The third-order valence-corrected chi connectivity index (χ3v) is 6.19. The molecule has 0 amide bonds. The zero-order valence-electron chi connectivity index (χ0n) is 15.4. The van der Waals surface area contributed by atoms with Crippen molar-refractivity contribution in [3.63, 3.8) is 0 Å². The molecule has 0 saturated heterocycles. The summed E-state index contributed by atoms with van der Waals surface area (Å²) in [5.41, 5.74) is 4.90. The van der Waals surface area contributed by atoms with E-state index in [0.29, 0.717) is 23.5 Å². The maximum absolute atomic E-state index is 13.3. The highest BCUT2D eigenvalue weighted by Crippen LogP contribution is 2.41. The third kappa shape index (κ3) is 3.52. The average Bonchev–Trinajstić information content (AvgIpc) is 3.40. The van der Waals surface area contributed by atoms with E-state index in [0.717, 1.165) is 40.1 Å². The van der Waals surface area contributed by atoms with Gasteiger partial charge in [0.1, 0.15) is 6.26 Å². The summed E-state index contributed by atoms with van der Waals surface area (Å²) in [4.78, 5) is 14.1. The Balaban J connectivity index is 1.81. The first-order valence-electron chi connectivity index (χ1n) is 9.05. The van der Waals surface area contributed by atoms with Crippen LogP contribution in [0.15, 0.2) is 58.1 Å². The lowest BCUT2D eigenvalue weighted by atomic mass is 9.91. The van der Waals surface area contributed by atoms with E-state index in [1.165, 1.54) is 6.26 Å². The molecule has 138 valence electrons. The SMILES string of the molecule is Cc1c(S(C)=O)ccc(C(=O)c2conc2C2CC2)c1Cc1ccccc1. The fraction of sp³-hybridized carbons (Fsp3) is 0.273. The van der Waals surface area contributed by atoms with Crippen LogP contribution >= 0.6 is 0 Å². The van der Waals surface area contributed by atoms with Gasteiger partial charge in [0.25, 0.3) is 0 Å². The fourth-order valence-electron chi connectivity index (χ4n) is 3.50. The van der Waals surface area contributed by atoms with E-state index in [2.05, 4.69) is 5.16 Å². The highest BCUT2D eigenvalue weighted by Gasteiger charge is 2.32. The Morgan fingerprint density at radius 3 is 2.56 bits per heavy atom. The molecule has 4 nitrogen and oxygen atoms in total. The van der Waals surface area contributed by atoms with E-state index < -0.39 is 10.8 Å². The molecule has 1 fully saturated rings. The van der Waals surface area contributed by atoms with Crippen molar-refractivity contribution in [3.05, 3.63) is 82.2 Å². The Labute approximate surface area is 161 Å². The van der Waals surface area contributed by atoms with Gasteiger partial charge in [0.2, 0.25) is 0 Å². The second kappa shape index (κ2) is 7.24. The van der Waals surface area contributed by atoms with E-state index in [1.807, 2.05) is 37.3 Å². The monoisotopic (exact) mass is 379 g/mol. The van der Waals surface area contributed by atoms with Crippen molar-refractivity contribution < 1.29 is 13.5 Å². The molecule has 1 aliphatic rings. The van der Waals surface area contributed by atoms with Crippen LogP contribution in [0.1, 0.15) is 57.1 Å². The van der Waals surface area contributed by atoms with E-state index in [-0.39, 0.29) is 5.78 Å². The fourth-order valence-corrected chi connectivity index (χ4v) is 4.31. The van der Waals surface area contributed by atoms with Crippen LogP contribution in [0, 0.1) is 6.92 Å². The first-order valence-corrected chi connectivity index (χ1v) is 10.6. The summed E-state index contributed by atoms with van der Waals surface area (Å²) in [6.45, 7) is 1.95. The first kappa shape index (κ1) is 17.9. The third-order valence-electron chi connectivity index (χ3n) is 5.13. The molecule has 1 saturated carbocycles. The quantitative estimate of drug-likeness (QED) is 0.595. The van der Waals surface area contributed by atoms with Crippen molar-refractivity contribution in [3.8, 4) is 0 Å². The number of benzene rings is 2. The molecule has 0 bridgehead atoms. The normalized spacial score (nSPS) is 14.9. The summed E-state index contributed by atoms with van der Waals surface area (Å²) in [6, 6.07) is 13.6. The number of nitrogens with zero attached hydrogens (tertiary/aromatic N) is 1. The van der Waals surface area contributed by atoms with E-state index in [4.69, 9.17) is 4.52 Å². The highest BCUT2D eigenvalue weighted by molar-refractivity contribution is 7.84. The summed E-state index contributed by atoms with van der Waals surface area (Å²) >= 11 is 0. The van der Waals surface area contributed by atoms with Crippen molar-refractivity contribution in [1.82, 2.24) is 5.16 Å². The molecule has 4 rings (SSSR count). The van der Waals surface area contributed by atoms with Crippen molar-refractivity contribution in [2.24, 2.45) is 0 Å². The van der Waals surface area contributed by atoms with Crippen molar-refractivity contribution >= 4 is 16.6 Å². The molecule has 1 heterocycles. The van der Waals surface area contributed by atoms with Gasteiger partial charge in [-0.05, 0) is 55.0 Å². The van der Waals surface area contributed by atoms with Gasteiger partial charge in [-0.2, -0.15) is 0 Å². The van der Waals surface area contributed by atoms with Crippen LogP contribution in [0.3, 0.4) is 0 Å². The smallest absolute Gasteiger partial charge is 0.198 e. The van der Waals surface area contributed by atoms with Gasteiger partial charge in [-0.25, -0.2) is 0 Å². The zero-order chi connectivity index (χ0) is 19.0. The molecule has 0 aliphatic heterocycles. The van der Waals surface area contributed by atoms with Gasteiger partial charge in [0.15, 0.2) is 5.78 Å². The van der Waals surface area contributed by atoms with Crippen molar-refractivity contribution in [1.29, 1.82) is 0 Å². The van der Waals surface area contributed by atoms with Gasteiger partial charge < -0.3 is 4.52 Å². The molecule has 3 aromatic rings. The van der Waals surface area contributed by atoms with E-state index in [9.17, 15) is 9.00 Å². The Morgan fingerprint density at radius 2 is 1.89 bits per heavy atom. The predicted molar refractivity (Wildman–Crippen MR) is 105 cm³/mol. The number of rotatable bonds is 6. The van der Waals surface area contributed by atoms with Crippen LogP contribution in [0.5, 0.6) is 0 Å². The number of hydrogen-bond donors (Lipinski definition) is 0. The number of aromatic nitrogens is 1. The molecular weight excluding hydrogens is 358 g/mol. The topological polar surface area (TPSA) is 60.2 Å². The molecular formula is C22H21NO3S. The largest absolute Gasteiger partial charge is 0.364 e. The molecule has 2 aromatic carbocycles. The van der Waals surface area contributed by atoms with Crippen LogP contribution in [0.25, 0.3) is 0 Å². The minimum atomic E-state index is -1.11. The lowest BCUT2D eigenvalue weighted by Crippen LogP contribution is -2.11. The van der Waals surface area contributed by atoms with Gasteiger partial charge in [-0.15, -0.1) is 0 Å². The molecule has 1 aliphatic carbocycles. The summed E-state index contributed by atoms with van der Waals surface area (Å²) < 4.78 is 17.3. The van der Waals surface area contributed by atoms with E-state index >= 15 is 0 Å². The standard InChI is InChI=1S/C22H21NO3S/c1-14-18(12-15-6-4-3-5-7-15)17(10-11-20(14)27(2)25)22(24)19-13-26-23-21(19)16-8-9-16/h3-7,10-11,13,16H,8-9,12H2,1-2H3. The van der Waals surface area contributed by atoms with Crippen LogP contribution < -0.4 is 0 Å². The minimum absolute atomic E-state index is 0.0689. The number of hydrogen-bond acceptors (Lipinski definition) is 4. The summed E-state index contributed by atoms with van der Waals surface area (Å²) in [5, 5.41) is 4.06. The summed E-state index contributed by atoms with van der Waals surface area (Å²) in [5.74, 6) is 0.268. The highest BCUT2D eigenvalue weighted by atomic mass is 32.2. The molecule has 0 radical (unpaired) electrons. The lowest BCUT2D eigenvalue weighted by molar-refractivity contribution is 0.103. The molecule has 1 atom stereocenters. The Morgan fingerprint density at radius 1 is 1.15 bits per heavy atom. The first-order chi connectivity index (χ1) is 13.1. The van der Waals surface area contributed by atoms with Crippen LogP contribution in [-0.2, 0) is 17.2 Å². The molecule has 1 unspecified atom stereocenters. The average molecular weight is 379 g/mol. The van der Waals surface area contributed by atoms with Crippen molar-refractivity contribution in [2.75, 3.05) is 6.26 Å². The Kier molecular flexibility index (Phi) is 4.79.